The predicted octanol–water partition coefficient (Wildman–Crippen LogP) is 6.19. The fraction of sp³-hybridized carbons (Fsp3) is 0.286. The summed E-state index contributed by atoms with van der Waals surface area (Å²) in [5, 5.41) is 11.8. The summed E-state index contributed by atoms with van der Waals surface area (Å²) in [4.78, 5) is 0. The van der Waals surface area contributed by atoms with E-state index in [0.717, 1.165) is 23.9 Å². The van der Waals surface area contributed by atoms with E-state index in [1.165, 1.54) is 12.0 Å². The Morgan fingerprint density at radius 1 is 1.32 bits per heavy atom. The molecular formula is C21H28N4. The average Bonchev–Trinajstić information content (AvgIpc) is 3.05. The Balaban J connectivity index is 0.000000710. The van der Waals surface area contributed by atoms with Gasteiger partial charge in [0, 0.05) is 29.2 Å². The Kier molecular flexibility index (Phi) is 11.0. The smallest absolute Gasteiger partial charge is 0.173 e. The largest absolute Gasteiger partial charge is 0.343 e. The highest BCUT2D eigenvalue weighted by Gasteiger charge is 2.05. The van der Waals surface area contributed by atoms with E-state index in [-0.39, 0.29) is 5.84 Å². The highest BCUT2D eigenvalue weighted by atomic mass is 15.0. The maximum Gasteiger partial charge on any atom is 0.173 e. The molecular weight excluding hydrogens is 308 g/mol. The van der Waals surface area contributed by atoms with Crippen molar-refractivity contribution in [3.8, 4) is 12.8 Å². The fourth-order valence-corrected chi connectivity index (χ4v) is 2.11. The molecule has 0 amide bonds. The molecule has 0 atom stereocenters. The Labute approximate surface area is 151 Å². The second-order valence-electron chi connectivity index (χ2n) is 5.39. The van der Waals surface area contributed by atoms with Crippen LogP contribution in [-0.4, -0.2) is 10.4 Å². The quantitative estimate of drug-likeness (QED) is 0.215. The molecule has 1 aromatic heterocycles. The molecule has 1 aromatic carbocycles. The number of hydrogen-bond donors (Lipinski definition) is 2. The topological polar surface area (TPSA) is 65.0 Å². The van der Waals surface area contributed by atoms with Gasteiger partial charge in [0.15, 0.2) is 5.84 Å². The van der Waals surface area contributed by atoms with E-state index >= 15 is 0 Å². The van der Waals surface area contributed by atoms with E-state index < -0.39 is 0 Å². The molecule has 2 N–H and O–H groups in total. The normalized spacial score (nSPS) is 10.0. The lowest BCUT2D eigenvalue weighted by atomic mass is 10.1. The molecule has 0 aliphatic carbocycles. The van der Waals surface area contributed by atoms with E-state index in [1.807, 2.05) is 43.5 Å². The number of nitrogens with one attached hydrogen (secondary N) is 2. The zero-order chi connectivity index (χ0) is 19.2. The van der Waals surface area contributed by atoms with Crippen molar-refractivity contribution in [1.82, 2.24) is 4.57 Å². The molecule has 0 spiro atoms. The van der Waals surface area contributed by atoms with Gasteiger partial charge < -0.3 is 4.57 Å². The highest BCUT2D eigenvalue weighted by Crippen LogP contribution is 2.19. The van der Waals surface area contributed by atoms with Gasteiger partial charge in [-0.3, -0.25) is 5.41 Å². The summed E-state index contributed by atoms with van der Waals surface area (Å²) >= 11 is 0. The maximum atomic E-state index is 7.53. The lowest BCUT2D eigenvalue weighted by molar-refractivity contribution is 0.817. The molecule has 2 aromatic rings. The molecule has 4 heteroatoms. The summed E-state index contributed by atoms with van der Waals surface area (Å²) in [5.41, 5.74) is 9.99. The third kappa shape index (κ3) is 7.01. The van der Waals surface area contributed by atoms with Crippen molar-refractivity contribution in [2.24, 2.45) is 5.11 Å². The molecule has 0 radical (unpaired) electrons. The van der Waals surface area contributed by atoms with Crippen LogP contribution in [-0.2, 0) is 6.54 Å². The second kappa shape index (κ2) is 12.5. The monoisotopic (exact) mass is 336 g/mol. The number of benzene rings is 1. The summed E-state index contributed by atoms with van der Waals surface area (Å²) in [7, 11) is 0. The summed E-state index contributed by atoms with van der Waals surface area (Å²) in [6.07, 6.45) is 16.5. The average molecular weight is 336 g/mol. The van der Waals surface area contributed by atoms with Crippen LogP contribution in [0.15, 0.2) is 59.9 Å². The molecule has 0 aliphatic heterocycles. The minimum Gasteiger partial charge on any atom is -0.343 e. The van der Waals surface area contributed by atoms with E-state index in [0.29, 0.717) is 5.56 Å². The van der Waals surface area contributed by atoms with Crippen LogP contribution in [0.3, 0.4) is 0 Å². The fourth-order valence-electron chi connectivity index (χ4n) is 2.11. The molecule has 0 aliphatic rings. The molecule has 4 nitrogen and oxygen atoms in total. The third-order valence-electron chi connectivity index (χ3n) is 3.56. The van der Waals surface area contributed by atoms with Crippen LogP contribution < -0.4 is 0 Å². The van der Waals surface area contributed by atoms with Gasteiger partial charge in [0.2, 0.25) is 0 Å². The number of allylic oxidation sites excluding steroid dienone is 3. The first-order valence-corrected chi connectivity index (χ1v) is 8.18. The van der Waals surface area contributed by atoms with Crippen LogP contribution in [0, 0.1) is 23.8 Å². The number of terminal acetylenes is 1. The summed E-state index contributed by atoms with van der Waals surface area (Å²) in [6, 6.07) is 7.74. The van der Waals surface area contributed by atoms with Gasteiger partial charge >= 0.3 is 0 Å². The van der Waals surface area contributed by atoms with Gasteiger partial charge in [-0.05, 0) is 44.5 Å². The van der Waals surface area contributed by atoms with E-state index in [9.17, 15) is 0 Å². The van der Waals surface area contributed by atoms with Gasteiger partial charge in [0.25, 0.3) is 0 Å². The van der Waals surface area contributed by atoms with Crippen molar-refractivity contribution in [3.63, 3.8) is 0 Å². The van der Waals surface area contributed by atoms with E-state index in [4.69, 9.17) is 10.9 Å². The third-order valence-corrected chi connectivity index (χ3v) is 3.56. The van der Waals surface area contributed by atoms with Crippen molar-refractivity contribution in [3.05, 3.63) is 60.3 Å². The molecule has 132 valence electrons. The zero-order valence-corrected chi connectivity index (χ0v) is 15.4. The Morgan fingerprint density at radius 3 is 2.48 bits per heavy atom. The van der Waals surface area contributed by atoms with Crippen LogP contribution in [0.4, 0.5) is 0 Å². The number of amidine groups is 1. The van der Waals surface area contributed by atoms with Crippen molar-refractivity contribution in [2.75, 3.05) is 0 Å². The first kappa shape index (κ1) is 22.1. The van der Waals surface area contributed by atoms with Crippen LogP contribution in [0.25, 0.3) is 10.9 Å². The number of unbranched alkanes of at least 4 members (excludes halogenated alkanes) is 1. The Morgan fingerprint density at radius 2 is 2.00 bits per heavy atom. The van der Waals surface area contributed by atoms with E-state index in [1.54, 1.807) is 0 Å². The molecule has 0 bridgehead atoms. The van der Waals surface area contributed by atoms with Crippen molar-refractivity contribution < 1.29 is 0 Å². The second-order valence-corrected chi connectivity index (χ2v) is 5.39. The molecule has 0 unspecified atom stereocenters. The van der Waals surface area contributed by atoms with E-state index in [2.05, 4.69) is 49.0 Å². The standard InChI is InChI=1S/C14H16N4.C5H10.C2H2/c1-3-10(2)9-18-7-6-11-8-12(14(15)17-16)4-5-13(11)18;1-3-5-4-2;1-2/h3-8,15-16H,9H2,1-2H3;3H,1,4-5H2,2H3;1-2H/b10-3+,15-14?,17-16?;;. The predicted molar refractivity (Wildman–Crippen MR) is 108 cm³/mol. The number of rotatable bonds is 5. The van der Waals surface area contributed by atoms with Crippen molar-refractivity contribution in [1.29, 1.82) is 10.9 Å². The van der Waals surface area contributed by atoms with Crippen molar-refractivity contribution in [2.45, 2.75) is 40.2 Å². The first-order valence-electron chi connectivity index (χ1n) is 8.18. The minimum atomic E-state index is -0.00529. The van der Waals surface area contributed by atoms with Crippen LogP contribution in [0.2, 0.25) is 0 Å². The molecule has 0 saturated heterocycles. The molecule has 0 saturated carbocycles. The minimum absolute atomic E-state index is 0.00529. The highest BCUT2D eigenvalue weighted by molar-refractivity contribution is 5.99. The molecule has 2 rings (SSSR count). The SMILES string of the molecule is C#C.C/C=C(\C)Cn1ccc2cc(C(=N)N=N)ccc21.C=CCCC. The summed E-state index contributed by atoms with van der Waals surface area (Å²) < 4.78 is 2.18. The van der Waals surface area contributed by atoms with Crippen LogP contribution >= 0.6 is 0 Å². The number of fused-ring (bicyclic) bond motifs is 1. The summed E-state index contributed by atoms with van der Waals surface area (Å²) in [6.45, 7) is 10.7. The Hall–Kier alpha value is -2.93. The molecule has 25 heavy (non-hydrogen) atoms. The van der Waals surface area contributed by atoms with Gasteiger partial charge in [-0.2, -0.15) is 0 Å². The first-order chi connectivity index (χ1) is 12.1. The number of hydrogen-bond acceptors (Lipinski definition) is 2. The number of nitrogens with zero attached hydrogens (tertiary/aromatic N) is 2. The summed E-state index contributed by atoms with van der Waals surface area (Å²) in [5.74, 6) is -0.00529. The van der Waals surface area contributed by atoms with Crippen LogP contribution in [0.1, 0.15) is 39.2 Å². The zero-order valence-electron chi connectivity index (χ0n) is 15.4. The Bertz CT molecular complexity index is 748. The molecule has 0 fully saturated rings. The van der Waals surface area contributed by atoms with Gasteiger partial charge in [0.05, 0.1) is 0 Å². The van der Waals surface area contributed by atoms with Crippen molar-refractivity contribution >= 4 is 16.7 Å². The van der Waals surface area contributed by atoms with Gasteiger partial charge in [0.1, 0.15) is 0 Å². The molecule has 1 heterocycles. The number of aromatic nitrogens is 1. The maximum absolute atomic E-state index is 7.53. The van der Waals surface area contributed by atoms with Crippen LogP contribution in [0.5, 0.6) is 0 Å². The van der Waals surface area contributed by atoms with Gasteiger partial charge in [-0.25, -0.2) is 5.53 Å². The van der Waals surface area contributed by atoms with Gasteiger partial charge in [-0.15, -0.1) is 24.5 Å². The van der Waals surface area contributed by atoms with Gasteiger partial charge in [-0.1, -0.05) is 31.1 Å². The lowest BCUT2D eigenvalue weighted by Crippen LogP contribution is -1.98. The lowest BCUT2D eigenvalue weighted by Gasteiger charge is -2.06.